The van der Waals surface area contributed by atoms with Gasteiger partial charge in [-0.2, -0.15) is 0 Å². The van der Waals surface area contributed by atoms with Crippen LogP contribution in [0.5, 0.6) is 5.75 Å². The third-order valence-electron chi connectivity index (χ3n) is 14.8. The lowest BCUT2D eigenvalue weighted by Crippen LogP contribution is -2.50. The van der Waals surface area contributed by atoms with Gasteiger partial charge in [-0.1, -0.05) is 49.4 Å². The highest BCUT2D eigenvalue weighted by atomic mass is 32.1. The number of carbonyl (C=O) groups excluding carboxylic acids is 8. The summed E-state index contributed by atoms with van der Waals surface area (Å²) in [5, 5.41) is 31.7. The molecule has 2 aliphatic heterocycles. The molecule has 7 atom stereocenters. The number of alkyl carbamates (subject to hydrolysis) is 1. The van der Waals surface area contributed by atoms with Crippen LogP contribution in [0.25, 0.3) is 43.4 Å². The summed E-state index contributed by atoms with van der Waals surface area (Å²) in [7, 11) is 3.68. The van der Waals surface area contributed by atoms with E-state index in [4.69, 9.17) is 45.9 Å². The SMILES string of the molecule is CC(=O)O[C@H]1CN2C(=O)[C@H](Cc3ccc(O)cc3)NC(=O)c3csc(n3)[C@H]([C@H](OC(=O)NCCN(C)C)c3ccccc3)NC(=O)c3nc(sc3C)[C@H](CC(N)=O)NC(=O)c3csc(n3)-c3ccc(-c4nc(C(N)=O)cs4)nc3-c3csc(n3)-c3csc(n3)[C@@H]2[C@H]1C. The number of carbonyl (C=O) groups is 8. The van der Waals surface area contributed by atoms with Gasteiger partial charge >= 0.3 is 12.1 Å². The van der Waals surface area contributed by atoms with Crippen LogP contribution in [0.4, 0.5) is 4.79 Å². The smallest absolute Gasteiger partial charge is 0.407 e. The number of aryl methyl sites for hydroxylation is 1. The molecule has 1 fully saturated rings. The topological polar surface area (TPSA) is 372 Å². The molecule has 0 radical (unpaired) electrons. The number of benzene rings is 2. The second kappa shape index (κ2) is 27.7. The van der Waals surface area contributed by atoms with Crippen molar-refractivity contribution in [2.45, 2.75) is 70.0 Å². The lowest BCUT2D eigenvalue weighted by atomic mass is 10.00. The van der Waals surface area contributed by atoms with Crippen LogP contribution in [0, 0.1) is 12.8 Å². The molecule has 2 aromatic carbocycles. The van der Waals surface area contributed by atoms with Crippen LogP contribution in [0.2, 0.25) is 0 Å². The number of nitrogens with two attached hydrogens (primary N) is 2. The Kier molecular flexibility index (Phi) is 19.3. The lowest BCUT2D eigenvalue weighted by molar-refractivity contribution is -0.148. The molecule has 92 heavy (non-hydrogen) atoms. The number of thiazole rings is 6. The summed E-state index contributed by atoms with van der Waals surface area (Å²) in [6, 6.07) is 13.5. The van der Waals surface area contributed by atoms with E-state index in [9.17, 15) is 38.7 Å². The van der Waals surface area contributed by atoms with E-state index >= 15 is 4.79 Å². The van der Waals surface area contributed by atoms with Crippen molar-refractivity contribution in [1.82, 2.24) is 66.0 Å². The fourth-order valence-electron chi connectivity index (χ4n) is 10.3. The predicted molar refractivity (Wildman–Crippen MR) is 345 cm³/mol. The molecule has 0 unspecified atom stereocenters. The second-order valence-electron chi connectivity index (χ2n) is 21.6. The Bertz CT molecular complexity index is 4280. The van der Waals surface area contributed by atoms with Crippen LogP contribution in [-0.4, -0.2) is 143 Å². The van der Waals surface area contributed by atoms with Crippen LogP contribution in [-0.2, 0) is 30.3 Å². The number of amides is 7. The zero-order valence-corrected chi connectivity index (χ0v) is 54.4. The van der Waals surface area contributed by atoms with Crippen LogP contribution in [0.1, 0.15) is 117 Å². The van der Waals surface area contributed by atoms with Crippen LogP contribution in [0.15, 0.2) is 93.6 Å². The summed E-state index contributed by atoms with van der Waals surface area (Å²) in [6.45, 7) is 5.33. The molecule has 0 saturated carbocycles. The molecular weight excluding hydrogens is 1300 g/mol. The third kappa shape index (κ3) is 14.4. The molecule has 9 N–H and O–H groups in total. The predicted octanol–water partition coefficient (Wildman–Crippen LogP) is 7.25. The van der Waals surface area contributed by atoms with E-state index in [1.54, 1.807) is 72.3 Å². The molecule has 0 spiro atoms. The molecule has 474 valence electrons. The van der Waals surface area contributed by atoms with Crippen molar-refractivity contribution in [2.75, 3.05) is 33.7 Å². The van der Waals surface area contributed by atoms with E-state index in [1.165, 1.54) is 62.8 Å². The molecule has 1 saturated heterocycles. The van der Waals surface area contributed by atoms with Gasteiger partial charge in [0.25, 0.3) is 23.6 Å². The molecule has 7 amide bonds. The maximum Gasteiger partial charge on any atom is 0.407 e. The largest absolute Gasteiger partial charge is 0.508 e. The minimum Gasteiger partial charge on any atom is -0.508 e. The number of aromatic hydroxyl groups is 1. The Hall–Kier alpha value is -9.31. The molecule has 7 aromatic heterocycles. The molecule has 10 bridgehead atoms. The zero-order valence-electron chi connectivity index (χ0n) is 49.5. The number of nitrogens with zero attached hydrogens (tertiary/aromatic N) is 9. The Morgan fingerprint density at radius 2 is 1.36 bits per heavy atom. The Balaban J connectivity index is 1.04. The van der Waals surface area contributed by atoms with Crippen molar-refractivity contribution >= 4 is 116 Å². The number of hydrogen-bond donors (Lipinski definition) is 7. The molecular formula is C60H57N15O11S6. The normalized spacial score (nSPS) is 18.9. The first-order chi connectivity index (χ1) is 44.1. The number of ether oxygens (including phenoxy) is 2. The van der Waals surface area contributed by atoms with Gasteiger partial charge in [0.1, 0.15) is 93.8 Å². The maximum atomic E-state index is 15.5. The molecule has 11 rings (SSSR count). The van der Waals surface area contributed by atoms with Gasteiger partial charge in [-0.15, -0.1) is 68.0 Å². The minimum atomic E-state index is -1.33. The zero-order chi connectivity index (χ0) is 65.1. The van der Waals surface area contributed by atoms with Gasteiger partial charge in [-0.25, -0.2) is 39.7 Å². The second-order valence-corrected chi connectivity index (χ2v) is 27.2. The van der Waals surface area contributed by atoms with Crippen LogP contribution in [0.3, 0.4) is 0 Å². The standard InChI is InChI=1S/C60H57N15O11S6/c1-27-42(85-29(3)76)21-75-47(27)58-71-41(26-91-58)55-67-37(22-88-55)45-33(15-16-34(64-45)54-68-38(23-89-54)49(62)79)53-69-39(24-87-53)50(80)65-35(20-43(61)78)56-73-44(28(2)92-56)52(82)72-46(48(31-9-7-6-8-10-31)86-60(84)63-17-18-74(4)5)57-70-40(25-90-57)51(81)66-36(59(75)83)19-30-11-13-32(77)14-12-30/h6-16,22-27,35-36,42,46-48,77H,17-21H2,1-5H3,(H2,61,78)(H2,62,79)(H,63,84)(H,65,80)(H,66,81)(H,72,82)/t27-,35-,36-,42-,46-,47-,48+/m0/s1. The number of primary amides is 2. The Morgan fingerprint density at radius 3 is 2.08 bits per heavy atom. The molecule has 0 aliphatic carbocycles. The number of aromatic nitrogens is 7. The summed E-state index contributed by atoms with van der Waals surface area (Å²) >= 11 is 6.79. The summed E-state index contributed by atoms with van der Waals surface area (Å²) in [5.74, 6) is -5.49. The summed E-state index contributed by atoms with van der Waals surface area (Å²) in [6.07, 6.45) is -3.45. The lowest BCUT2D eigenvalue weighted by Gasteiger charge is -2.29. The Labute approximate surface area is 548 Å². The first-order valence-corrected chi connectivity index (χ1v) is 33.5. The average Bonchev–Trinajstić information content (AvgIpc) is 1.61. The molecule has 32 heteroatoms. The molecule has 2 aliphatic rings. The van der Waals surface area contributed by atoms with Crippen molar-refractivity contribution in [3.05, 3.63) is 147 Å². The van der Waals surface area contributed by atoms with Crippen molar-refractivity contribution < 1.29 is 52.9 Å². The number of likely N-dealkylation sites (N-methyl/N-ethyl adjacent to an activating group) is 1. The van der Waals surface area contributed by atoms with Crippen molar-refractivity contribution in [2.24, 2.45) is 17.4 Å². The highest BCUT2D eigenvalue weighted by molar-refractivity contribution is 7.15. The van der Waals surface area contributed by atoms with Gasteiger partial charge in [-0.05, 0) is 56.4 Å². The number of rotatable bonds is 13. The van der Waals surface area contributed by atoms with E-state index in [0.29, 0.717) is 70.9 Å². The van der Waals surface area contributed by atoms with Gasteiger partial charge in [0.2, 0.25) is 11.8 Å². The van der Waals surface area contributed by atoms with Crippen LogP contribution >= 0.6 is 68.0 Å². The van der Waals surface area contributed by atoms with E-state index in [0.717, 1.165) is 45.3 Å². The highest BCUT2D eigenvalue weighted by Crippen LogP contribution is 2.44. The van der Waals surface area contributed by atoms with Gasteiger partial charge in [0.15, 0.2) is 6.10 Å². The first-order valence-electron chi connectivity index (χ1n) is 28.3. The first kappa shape index (κ1) is 64.2. The van der Waals surface area contributed by atoms with E-state index in [2.05, 4.69) is 31.2 Å². The highest BCUT2D eigenvalue weighted by Gasteiger charge is 2.48. The number of phenols is 1. The fourth-order valence-corrected chi connectivity index (χ4v) is 15.6. The quantitative estimate of drug-likeness (QED) is 0.0558. The van der Waals surface area contributed by atoms with E-state index < -0.39 is 96.2 Å². The number of esters is 1. The van der Waals surface area contributed by atoms with Gasteiger partial charge in [0, 0.05) is 69.7 Å². The van der Waals surface area contributed by atoms with E-state index in [-0.39, 0.29) is 58.1 Å². The molecule has 9 aromatic rings. The summed E-state index contributed by atoms with van der Waals surface area (Å²) < 4.78 is 12.0. The van der Waals surface area contributed by atoms with Crippen LogP contribution < -0.4 is 32.7 Å². The average molecular weight is 1360 g/mol. The summed E-state index contributed by atoms with van der Waals surface area (Å²) in [5.41, 5.74) is 14.1. The summed E-state index contributed by atoms with van der Waals surface area (Å²) in [4.78, 5) is 149. The third-order valence-corrected chi connectivity index (χ3v) is 20.3. The van der Waals surface area contributed by atoms with Gasteiger partial charge < -0.3 is 57.1 Å². The number of phenolic OH excluding ortho intramolecular Hbond substituents is 1. The number of fused-ring (bicyclic) bond motifs is 16. The number of nitrogens with one attached hydrogen (secondary N) is 4. The van der Waals surface area contributed by atoms with Crippen molar-refractivity contribution in [1.29, 1.82) is 0 Å². The maximum absolute atomic E-state index is 15.5. The number of pyridine rings is 1. The monoisotopic (exact) mass is 1360 g/mol. The van der Waals surface area contributed by atoms with Crippen molar-refractivity contribution in [3.8, 4) is 49.1 Å². The molecule has 9 heterocycles. The molecule has 26 nitrogen and oxygen atoms in total. The fraction of sp³-hybridized carbons (Fsp3) is 0.283. The van der Waals surface area contributed by atoms with Gasteiger partial charge in [-0.3, -0.25) is 33.6 Å². The number of hydrogen-bond acceptors (Lipinski definition) is 25. The van der Waals surface area contributed by atoms with Crippen molar-refractivity contribution in [3.63, 3.8) is 0 Å². The van der Waals surface area contributed by atoms with Gasteiger partial charge in [0.05, 0.1) is 30.7 Å². The minimum absolute atomic E-state index is 0.0272. The van der Waals surface area contributed by atoms with E-state index in [1.807, 2.05) is 25.9 Å². The Morgan fingerprint density at radius 1 is 0.707 bits per heavy atom.